The first kappa shape index (κ1) is 12.7. The highest BCUT2D eigenvalue weighted by atomic mass is 35.5. The fourth-order valence-electron chi connectivity index (χ4n) is 1.44. The number of aliphatic carboxylic acids is 1. The van der Waals surface area contributed by atoms with Crippen molar-refractivity contribution in [3.8, 4) is 0 Å². The Balaban J connectivity index is 3.16. The van der Waals surface area contributed by atoms with Gasteiger partial charge in [-0.2, -0.15) is 0 Å². The fourth-order valence-corrected chi connectivity index (χ4v) is 1.68. The summed E-state index contributed by atoms with van der Waals surface area (Å²) in [6.45, 7) is 3.80. The van der Waals surface area contributed by atoms with Gasteiger partial charge in [0.15, 0.2) is 0 Å². The van der Waals surface area contributed by atoms with E-state index in [0.717, 1.165) is 0 Å². The molecule has 1 aromatic rings. The molecule has 0 radical (unpaired) electrons. The standard InChI is InChI=1S/C10H13ClN2O3/c1-5(2)3-6(10(15)16)8-7(11)9(14)13-4-12-8/h4-6H,3H2,1-2H3,(H,15,16)(H,12,13,14). The van der Waals surface area contributed by atoms with Gasteiger partial charge < -0.3 is 10.1 Å². The molecule has 0 saturated heterocycles. The summed E-state index contributed by atoms with van der Waals surface area (Å²) in [5.41, 5.74) is -0.381. The van der Waals surface area contributed by atoms with E-state index in [-0.39, 0.29) is 16.6 Å². The van der Waals surface area contributed by atoms with Crippen LogP contribution in [-0.4, -0.2) is 21.0 Å². The zero-order valence-electron chi connectivity index (χ0n) is 9.03. The monoisotopic (exact) mass is 244 g/mol. The molecule has 16 heavy (non-hydrogen) atoms. The zero-order chi connectivity index (χ0) is 12.3. The number of hydrogen-bond acceptors (Lipinski definition) is 3. The van der Waals surface area contributed by atoms with Crippen LogP contribution in [0.1, 0.15) is 31.9 Å². The predicted octanol–water partition coefficient (Wildman–Crippen LogP) is 1.64. The molecular formula is C10H13ClN2O3. The van der Waals surface area contributed by atoms with Gasteiger partial charge in [0.05, 0.1) is 12.0 Å². The van der Waals surface area contributed by atoms with E-state index in [0.29, 0.717) is 6.42 Å². The molecule has 0 aromatic carbocycles. The largest absolute Gasteiger partial charge is 0.481 e. The molecule has 0 amide bonds. The van der Waals surface area contributed by atoms with E-state index in [2.05, 4.69) is 9.97 Å². The number of aromatic amines is 1. The van der Waals surface area contributed by atoms with Crippen molar-refractivity contribution in [1.29, 1.82) is 0 Å². The Morgan fingerprint density at radius 2 is 2.25 bits per heavy atom. The average molecular weight is 245 g/mol. The minimum atomic E-state index is -1.02. The molecule has 0 aliphatic rings. The van der Waals surface area contributed by atoms with Gasteiger partial charge >= 0.3 is 5.97 Å². The molecule has 1 aromatic heterocycles. The quantitative estimate of drug-likeness (QED) is 0.843. The third kappa shape index (κ3) is 2.82. The molecule has 1 atom stereocenters. The normalized spacial score (nSPS) is 12.8. The van der Waals surface area contributed by atoms with Crippen LogP contribution in [0.4, 0.5) is 0 Å². The molecule has 1 heterocycles. The van der Waals surface area contributed by atoms with Crippen molar-refractivity contribution in [3.63, 3.8) is 0 Å². The number of carbonyl (C=O) groups is 1. The first-order valence-corrected chi connectivity index (χ1v) is 5.27. The number of hydrogen-bond donors (Lipinski definition) is 2. The summed E-state index contributed by atoms with van der Waals surface area (Å²) >= 11 is 5.75. The second kappa shape index (κ2) is 5.12. The molecule has 1 unspecified atom stereocenters. The van der Waals surface area contributed by atoms with Gasteiger partial charge in [-0.15, -0.1) is 0 Å². The lowest BCUT2D eigenvalue weighted by Gasteiger charge is -2.14. The Labute approximate surface area is 97.5 Å². The van der Waals surface area contributed by atoms with E-state index in [1.54, 1.807) is 0 Å². The average Bonchev–Trinajstić information content (AvgIpc) is 2.18. The SMILES string of the molecule is CC(C)CC(C(=O)O)c1nc[nH]c(=O)c1Cl. The summed E-state index contributed by atoms with van der Waals surface area (Å²) in [5, 5.41) is 8.94. The van der Waals surface area contributed by atoms with Crippen LogP contribution in [0, 0.1) is 5.92 Å². The zero-order valence-corrected chi connectivity index (χ0v) is 9.78. The number of carboxylic acids is 1. The molecule has 5 nitrogen and oxygen atoms in total. The van der Waals surface area contributed by atoms with E-state index >= 15 is 0 Å². The van der Waals surface area contributed by atoms with Crippen LogP contribution in [0.5, 0.6) is 0 Å². The van der Waals surface area contributed by atoms with Crippen LogP contribution < -0.4 is 5.56 Å². The Bertz CT molecular complexity index is 442. The molecule has 0 spiro atoms. The van der Waals surface area contributed by atoms with E-state index in [4.69, 9.17) is 16.7 Å². The third-order valence-corrected chi connectivity index (χ3v) is 2.52. The molecule has 6 heteroatoms. The second-order valence-electron chi connectivity index (χ2n) is 3.95. The van der Waals surface area contributed by atoms with Gasteiger partial charge in [0.25, 0.3) is 5.56 Å². The highest BCUT2D eigenvalue weighted by Gasteiger charge is 2.25. The minimum absolute atomic E-state index is 0.131. The van der Waals surface area contributed by atoms with Gasteiger partial charge in [0.1, 0.15) is 10.9 Å². The number of aromatic nitrogens is 2. The molecule has 0 aliphatic carbocycles. The lowest BCUT2D eigenvalue weighted by atomic mass is 9.94. The van der Waals surface area contributed by atoms with Gasteiger partial charge in [0, 0.05) is 0 Å². The maximum absolute atomic E-state index is 11.2. The summed E-state index contributed by atoms with van der Waals surface area (Å²) < 4.78 is 0. The molecular weight excluding hydrogens is 232 g/mol. The third-order valence-electron chi connectivity index (χ3n) is 2.16. The van der Waals surface area contributed by atoms with Gasteiger partial charge in [-0.3, -0.25) is 9.59 Å². The van der Waals surface area contributed by atoms with Crippen LogP contribution in [-0.2, 0) is 4.79 Å². The predicted molar refractivity (Wildman–Crippen MR) is 59.7 cm³/mol. The Morgan fingerprint density at radius 1 is 1.62 bits per heavy atom. The van der Waals surface area contributed by atoms with Crippen LogP contribution in [0.25, 0.3) is 0 Å². The smallest absolute Gasteiger partial charge is 0.312 e. The lowest BCUT2D eigenvalue weighted by molar-refractivity contribution is -0.139. The van der Waals surface area contributed by atoms with Crippen molar-refractivity contribution in [1.82, 2.24) is 9.97 Å². The molecule has 0 saturated carbocycles. The van der Waals surface area contributed by atoms with Crippen molar-refractivity contribution in [2.75, 3.05) is 0 Å². The highest BCUT2D eigenvalue weighted by Crippen LogP contribution is 2.25. The second-order valence-corrected chi connectivity index (χ2v) is 4.33. The molecule has 1 rings (SSSR count). The molecule has 88 valence electrons. The van der Waals surface area contributed by atoms with Crippen LogP contribution >= 0.6 is 11.6 Å². The number of rotatable bonds is 4. The van der Waals surface area contributed by atoms with Crippen LogP contribution in [0.2, 0.25) is 5.02 Å². The highest BCUT2D eigenvalue weighted by molar-refractivity contribution is 6.31. The summed E-state index contributed by atoms with van der Waals surface area (Å²) in [6, 6.07) is 0. The van der Waals surface area contributed by atoms with Crippen molar-refractivity contribution < 1.29 is 9.90 Å². The molecule has 0 aliphatic heterocycles. The minimum Gasteiger partial charge on any atom is -0.481 e. The maximum atomic E-state index is 11.2. The van der Waals surface area contributed by atoms with Crippen molar-refractivity contribution >= 4 is 17.6 Å². The summed E-state index contributed by atoms with van der Waals surface area (Å²) in [7, 11) is 0. The Morgan fingerprint density at radius 3 is 2.75 bits per heavy atom. The number of halogens is 1. The van der Waals surface area contributed by atoms with Crippen molar-refractivity contribution in [2.24, 2.45) is 5.92 Å². The summed E-state index contributed by atoms with van der Waals surface area (Å²) in [6.07, 6.45) is 1.56. The molecule has 0 bridgehead atoms. The summed E-state index contributed by atoms with van der Waals surface area (Å²) in [5.74, 6) is -1.68. The maximum Gasteiger partial charge on any atom is 0.312 e. The number of carboxylic acid groups (broad SMARTS) is 1. The van der Waals surface area contributed by atoms with Gasteiger partial charge in [0.2, 0.25) is 0 Å². The van der Waals surface area contributed by atoms with E-state index in [1.165, 1.54) is 6.33 Å². The van der Waals surface area contributed by atoms with Crippen molar-refractivity contribution in [3.05, 3.63) is 27.4 Å². The van der Waals surface area contributed by atoms with E-state index in [1.807, 2.05) is 13.8 Å². The van der Waals surface area contributed by atoms with Gasteiger partial charge in [-0.05, 0) is 12.3 Å². The van der Waals surface area contributed by atoms with E-state index < -0.39 is 17.4 Å². The summed E-state index contributed by atoms with van der Waals surface area (Å²) in [4.78, 5) is 28.5. The van der Waals surface area contributed by atoms with Crippen molar-refractivity contribution in [2.45, 2.75) is 26.2 Å². The number of nitrogens with zero attached hydrogens (tertiary/aromatic N) is 1. The van der Waals surface area contributed by atoms with Crippen LogP contribution in [0.15, 0.2) is 11.1 Å². The molecule has 2 N–H and O–H groups in total. The topological polar surface area (TPSA) is 83.0 Å². The first-order valence-electron chi connectivity index (χ1n) is 4.89. The molecule has 0 fully saturated rings. The van der Waals surface area contributed by atoms with Gasteiger partial charge in [-0.25, -0.2) is 4.98 Å². The Kier molecular flexibility index (Phi) is 4.06. The van der Waals surface area contributed by atoms with E-state index in [9.17, 15) is 9.59 Å². The Hall–Kier alpha value is -1.36. The first-order chi connectivity index (χ1) is 7.43. The fraction of sp³-hybridized carbons (Fsp3) is 0.500. The van der Waals surface area contributed by atoms with Gasteiger partial charge in [-0.1, -0.05) is 25.4 Å². The lowest BCUT2D eigenvalue weighted by Crippen LogP contribution is -2.20. The number of nitrogens with one attached hydrogen (secondary N) is 1. The number of H-pyrrole nitrogens is 1. The van der Waals surface area contributed by atoms with Crippen LogP contribution in [0.3, 0.4) is 0 Å².